The van der Waals surface area contributed by atoms with Crippen LogP contribution in [0.1, 0.15) is 30.7 Å². The maximum Gasteiger partial charge on any atom is 0.230 e. The van der Waals surface area contributed by atoms with Gasteiger partial charge in [0.2, 0.25) is 15.9 Å². The molecule has 1 spiro atoms. The molecule has 3 heterocycles. The molecule has 1 unspecified atom stereocenters. The maximum absolute atomic E-state index is 12.6. The third-order valence-corrected chi connectivity index (χ3v) is 6.44. The molecule has 0 saturated carbocycles. The molecule has 1 aromatic heterocycles. The van der Waals surface area contributed by atoms with Gasteiger partial charge < -0.3 is 4.90 Å². The molecule has 2 saturated heterocycles. The number of hydrogen-bond acceptors (Lipinski definition) is 4. The number of rotatable bonds is 2. The number of sulfonamides is 1. The first-order chi connectivity index (χ1) is 10.3. The molecule has 2 aliphatic rings. The Morgan fingerprint density at radius 1 is 1.32 bits per heavy atom. The first-order valence-corrected chi connectivity index (χ1v) is 9.31. The van der Waals surface area contributed by atoms with Crippen molar-refractivity contribution in [1.82, 2.24) is 14.2 Å². The Morgan fingerprint density at radius 2 is 2.00 bits per heavy atom. The minimum Gasteiger partial charge on any atom is -0.339 e. The highest BCUT2D eigenvalue weighted by atomic mass is 32.2. The Balaban J connectivity index is 1.81. The molecule has 1 atom stereocenters. The standard InChI is InChI=1S/C15H21N3O3S/c1-17-14(19)13(12-4-3-7-16-11-12)10-15(17)5-8-18(9-6-15)22(2,20)21/h3-4,7,11,13H,5-6,8-10H2,1-2H3. The lowest BCUT2D eigenvalue weighted by atomic mass is 9.82. The predicted octanol–water partition coefficient (Wildman–Crippen LogP) is 0.822. The molecule has 6 nitrogen and oxygen atoms in total. The molecule has 7 heteroatoms. The van der Waals surface area contributed by atoms with Gasteiger partial charge >= 0.3 is 0 Å². The van der Waals surface area contributed by atoms with Gasteiger partial charge in [-0.05, 0) is 30.9 Å². The number of carbonyl (C=O) groups excluding carboxylic acids is 1. The average molecular weight is 323 g/mol. The van der Waals surface area contributed by atoms with E-state index < -0.39 is 10.0 Å². The van der Waals surface area contributed by atoms with Gasteiger partial charge in [0.05, 0.1) is 12.2 Å². The Labute approximate surface area is 131 Å². The molecule has 0 bridgehead atoms. The van der Waals surface area contributed by atoms with Crippen molar-refractivity contribution < 1.29 is 13.2 Å². The fourth-order valence-corrected chi connectivity index (χ4v) is 4.53. The van der Waals surface area contributed by atoms with Crippen LogP contribution in [0.2, 0.25) is 0 Å². The van der Waals surface area contributed by atoms with Crippen LogP contribution in [-0.2, 0) is 14.8 Å². The minimum absolute atomic E-state index is 0.112. The quantitative estimate of drug-likeness (QED) is 0.808. The number of amides is 1. The van der Waals surface area contributed by atoms with Crippen molar-refractivity contribution in [2.24, 2.45) is 0 Å². The molecule has 3 rings (SSSR count). The highest BCUT2D eigenvalue weighted by molar-refractivity contribution is 7.88. The third kappa shape index (κ3) is 2.52. The monoisotopic (exact) mass is 323 g/mol. The second-order valence-electron chi connectivity index (χ2n) is 6.33. The van der Waals surface area contributed by atoms with Gasteiger partial charge in [0.25, 0.3) is 0 Å². The largest absolute Gasteiger partial charge is 0.339 e. The van der Waals surface area contributed by atoms with Gasteiger partial charge in [0.15, 0.2) is 0 Å². The number of likely N-dealkylation sites (tertiary alicyclic amines) is 1. The van der Waals surface area contributed by atoms with Crippen molar-refractivity contribution in [3.8, 4) is 0 Å². The summed E-state index contributed by atoms with van der Waals surface area (Å²) in [6.45, 7) is 0.965. The third-order valence-electron chi connectivity index (χ3n) is 5.13. The molecule has 1 aromatic rings. The lowest BCUT2D eigenvalue weighted by Gasteiger charge is -2.42. The number of carbonyl (C=O) groups is 1. The molecular weight excluding hydrogens is 302 g/mol. The topological polar surface area (TPSA) is 70.6 Å². The Bertz CT molecular complexity index is 667. The molecule has 0 aromatic carbocycles. The number of pyridine rings is 1. The first kappa shape index (κ1) is 15.4. The second kappa shape index (κ2) is 5.31. The number of nitrogens with zero attached hydrogens (tertiary/aromatic N) is 3. The zero-order chi connectivity index (χ0) is 16.0. The summed E-state index contributed by atoms with van der Waals surface area (Å²) in [6.07, 6.45) is 6.82. The van der Waals surface area contributed by atoms with Crippen LogP contribution in [0.5, 0.6) is 0 Å². The highest BCUT2D eigenvalue weighted by Gasteiger charge is 2.51. The van der Waals surface area contributed by atoms with Gasteiger partial charge in [0, 0.05) is 38.1 Å². The van der Waals surface area contributed by atoms with Crippen LogP contribution < -0.4 is 0 Å². The number of hydrogen-bond donors (Lipinski definition) is 0. The number of aromatic nitrogens is 1. The lowest BCUT2D eigenvalue weighted by molar-refractivity contribution is -0.131. The van der Waals surface area contributed by atoms with Crippen LogP contribution in [0.25, 0.3) is 0 Å². The average Bonchev–Trinajstić information content (AvgIpc) is 2.73. The molecule has 0 N–H and O–H groups in total. The van der Waals surface area contributed by atoms with Crippen molar-refractivity contribution >= 4 is 15.9 Å². The van der Waals surface area contributed by atoms with Crippen LogP contribution in [0, 0.1) is 0 Å². The Kier molecular flexibility index (Phi) is 3.72. The van der Waals surface area contributed by atoms with Crippen LogP contribution in [-0.4, -0.2) is 60.4 Å². The van der Waals surface area contributed by atoms with Gasteiger partial charge in [-0.1, -0.05) is 6.07 Å². The van der Waals surface area contributed by atoms with E-state index in [-0.39, 0.29) is 17.4 Å². The van der Waals surface area contributed by atoms with Gasteiger partial charge in [-0.2, -0.15) is 0 Å². The zero-order valence-corrected chi connectivity index (χ0v) is 13.7. The van der Waals surface area contributed by atoms with Gasteiger partial charge in [-0.25, -0.2) is 12.7 Å². The summed E-state index contributed by atoms with van der Waals surface area (Å²) in [5.41, 5.74) is 0.723. The summed E-state index contributed by atoms with van der Waals surface area (Å²) in [6, 6.07) is 3.79. The van der Waals surface area contributed by atoms with Crippen molar-refractivity contribution in [3.05, 3.63) is 30.1 Å². The molecule has 22 heavy (non-hydrogen) atoms. The number of likely N-dealkylation sites (N-methyl/N-ethyl adjacent to an activating group) is 1. The van der Waals surface area contributed by atoms with Crippen molar-refractivity contribution in [2.45, 2.75) is 30.7 Å². The highest BCUT2D eigenvalue weighted by Crippen LogP contribution is 2.44. The van der Waals surface area contributed by atoms with Crippen LogP contribution in [0.3, 0.4) is 0 Å². The van der Waals surface area contributed by atoms with E-state index in [0.717, 1.165) is 12.0 Å². The Hall–Kier alpha value is -1.47. The van der Waals surface area contributed by atoms with E-state index in [4.69, 9.17) is 0 Å². The van der Waals surface area contributed by atoms with Crippen LogP contribution in [0.4, 0.5) is 0 Å². The summed E-state index contributed by atoms with van der Waals surface area (Å²) in [7, 11) is -1.31. The number of piperidine rings is 1. The van der Waals surface area contributed by atoms with Crippen molar-refractivity contribution in [2.75, 3.05) is 26.4 Å². The van der Waals surface area contributed by atoms with Crippen LogP contribution >= 0.6 is 0 Å². The molecule has 120 valence electrons. The first-order valence-electron chi connectivity index (χ1n) is 7.46. The molecule has 1 amide bonds. The van der Waals surface area contributed by atoms with E-state index in [0.29, 0.717) is 25.9 Å². The zero-order valence-electron chi connectivity index (χ0n) is 12.9. The fraction of sp³-hybridized carbons (Fsp3) is 0.600. The summed E-state index contributed by atoms with van der Waals surface area (Å²) in [5.74, 6) is -0.0516. The smallest absolute Gasteiger partial charge is 0.230 e. The van der Waals surface area contributed by atoms with E-state index in [2.05, 4.69) is 4.98 Å². The summed E-state index contributed by atoms with van der Waals surface area (Å²) < 4.78 is 24.8. The van der Waals surface area contributed by atoms with E-state index in [1.54, 1.807) is 12.4 Å². The van der Waals surface area contributed by atoms with Gasteiger partial charge in [-0.3, -0.25) is 9.78 Å². The van der Waals surface area contributed by atoms with Gasteiger partial charge in [-0.15, -0.1) is 0 Å². The summed E-state index contributed by atoms with van der Waals surface area (Å²) in [5, 5.41) is 0. The van der Waals surface area contributed by atoms with E-state index >= 15 is 0 Å². The SMILES string of the molecule is CN1C(=O)C(c2cccnc2)CC12CCN(S(C)(=O)=O)CC2. The van der Waals surface area contributed by atoms with E-state index in [1.807, 2.05) is 24.1 Å². The second-order valence-corrected chi connectivity index (χ2v) is 8.31. The van der Waals surface area contributed by atoms with Gasteiger partial charge in [0.1, 0.15) is 0 Å². The molecule has 2 fully saturated rings. The van der Waals surface area contributed by atoms with Crippen LogP contribution in [0.15, 0.2) is 24.5 Å². The van der Waals surface area contributed by atoms with Crippen molar-refractivity contribution in [1.29, 1.82) is 0 Å². The fourth-order valence-electron chi connectivity index (χ4n) is 3.69. The summed E-state index contributed by atoms with van der Waals surface area (Å²) >= 11 is 0. The molecular formula is C15H21N3O3S. The Morgan fingerprint density at radius 3 is 2.55 bits per heavy atom. The molecule has 0 aliphatic carbocycles. The molecule has 0 radical (unpaired) electrons. The van der Waals surface area contributed by atoms with Crippen molar-refractivity contribution in [3.63, 3.8) is 0 Å². The lowest BCUT2D eigenvalue weighted by Crippen LogP contribution is -2.52. The normalized spacial score (nSPS) is 25.8. The minimum atomic E-state index is -3.15. The molecule has 2 aliphatic heterocycles. The maximum atomic E-state index is 12.6. The predicted molar refractivity (Wildman–Crippen MR) is 82.7 cm³/mol. The summed E-state index contributed by atoms with van der Waals surface area (Å²) in [4.78, 5) is 18.6. The van der Waals surface area contributed by atoms with E-state index in [1.165, 1.54) is 10.6 Å². The van der Waals surface area contributed by atoms with E-state index in [9.17, 15) is 13.2 Å².